The molecular formula is C20H23F2NO2. The van der Waals surface area contributed by atoms with Crippen LogP contribution in [0.1, 0.15) is 37.5 Å². The molecule has 2 rings (SSSR count). The van der Waals surface area contributed by atoms with Gasteiger partial charge in [-0.25, -0.2) is 8.78 Å². The molecule has 3 nitrogen and oxygen atoms in total. The van der Waals surface area contributed by atoms with Crippen molar-refractivity contribution < 1.29 is 18.7 Å². The van der Waals surface area contributed by atoms with Gasteiger partial charge >= 0.3 is 0 Å². The van der Waals surface area contributed by atoms with E-state index in [9.17, 15) is 18.7 Å². The third-order valence-electron chi connectivity index (χ3n) is 4.15. The first-order valence-corrected chi connectivity index (χ1v) is 8.34. The number of benzene rings is 2. The zero-order valence-electron chi connectivity index (χ0n) is 14.4. The minimum atomic E-state index is -0.794. The van der Waals surface area contributed by atoms with Gasteiger partial charge in [0.2, 0.25) is 5.91 Å². The summed E-state index contributed by atoms with van der Waals surface area (Å²) in [5.74, 6) is -1.26. The zero-order chi connectivity index (χ0) is 18.4. The molecule has 0 aliphatic rings. The van der Waals surface area contributed by atoms with Gasteiger partial charge in [-0.15, -0.1) is 0 Å². The van der Waals surface area contributed by atoms with E-state index in [0.29, 0.717) is 24.0 Å². The summed E-state index contributed by atoms with van der Waals surface area (Å²) < 4.78 is 26.6. The van der Waals surface area contributed by atoms with Crippen molar-refractivity contribution in [1.82, 2.24) is 5.32 Å². The number of carbonyl (C=O) groups is 1. The molecule has 134 valence electrons. The third kappa shape index (κ3) is 5.64. The predicted octanol–water partition coefficient (Wildman–Crippen LogP) is 3.77. The third-order valence-corrected chi connectivity index (χ3v) is 4.15. The summed E-state index contributed by atoms with van der Waals surface area (Å²) in [5, 5.41) is 13.0. The highest BCUT2D eigenvalue weighted by molar-refractivity contribution is 5.78. The van der Waals surface area contributed by atoms with Crippen LogP contribution in [0.3, 0.4) is 0 Å². The number of carbonyl (C=O) groups excluding carboxylic acids is 1. The standard InChI is InChI=1S/C20H23F2NO2/c1-13(11-16-5-3-4-6-18(16)22)20(25)23-14(2)12-19(24)15-7-9-17(21)10-8-15/h3-10,13-14,19,24H,11-12H2,1-2H3,(H,23,25). The Labute approximate surface area is 146 Å². The second-order valence-electron chi connectivity index (χ2n) is 6.41. The van der Waals surface area contributed by atoms with E-state index in [-0.39, 0.29) is 29.5 Å². The second-order valence-corrected chi connectivity index (χ2v) is 6.41. The number of halogens is 2. The molecule has 2 N–H and O–H groups in total. The van der Waals surface area contributed by atoms with Gasteiger partial charge in [-0.1, -0.05) is 37.3 Å². The summed E-state index contributed by atoms with van der Waals surface area (Å²) in [7, 11) is 0. The lowest BCUT2D eigenvalue weighted by Crippen LogP contribution is -2.38. The number of hydrogen-bond donors (Lipinski definition) is 2. The first kappa shape index (κ1) is 19.1. The molecule has 2 aromatic rings. The van der Waals surface area contributed by atoms with E-state index in [1.54, 1.807) is 32.0 Å². The molecule has 0 heterocycles. The highest BCUT2D eigenvalue weighted by atomic mass is 19.1. The molecule has 0 saturated carbocycles. The minimum absolute atomic E-state index is 0.193. The first-order valence-electron chi connectivity index (χ1n) is 8.34. The molecule has 3 unspecified atom stereocenters. The first-order chi connectivity index (χ1) is 11.9. The molecule has 0 fully saturated rings. The van der Waals surface area contributed by atoms with Gasteiger partial charge in [-0.05, 0) is 49.1 Å². The SMILES string of the molecule is CC(CC(O)c1ccc(F)cc1)NC(=O)C(C)Cc1ccccc1F. The Kier molecular flexibility index (Phi) is 6.65. The number of aliphatic hydroxyl groups is 1. The molecule has 1 amide bonds. The van der Waals surface area contributed by atoms with Crippen LogP contribution < -0.4 is 5.32 Å². The van der Waals surface area contributed by atoms with Crippen molar-refractivity contribution in [3.8, 4) is 0 Å². The van der Waals surface area contributed by atoms with Crippen LogP contribution in [0.4, 0.5) is 8.78 Å². The number of nitrogens with one attached hydrogen (secondary N) is 1. The van der Waals surface area contributed by atoms with Crippen molar-refractivity contribution in [3.63, 3.8) is 0 Å². The Bertz CT molecular complexity index is 703. The summed E-state index contributed by atoms with van der Waals surface area (Å²) in [6.45, 7) is 3.53. The van der Waals surface area contributed by atoms with Crippen LogP contribution in [0.25, 0.3) is 0 Å². The predicted molar refractivity (Wildman–Crippen MR) is 92.8 cm³/mol. The van der Waals surface area contributed by atoms with Gasteiger partial charge in [0.15, 0.2) is 0 Å². The molecule has 0 aliphatic heterocycles. The summed E-state index contributed by atoms with van der Waals surface area (Å²) in [6, 6.07) is 11.8. The Hall–Kier alpha value is -2.27. The highest BCUT2D eigenvalue weighted by Crippen LogP contribution is 2.19. The van der Waals surface area contributed by atoms with Crippen molar-refractivity contribution in [2.75, 3.05) is 0 Å². The molecule has 0 aliphatic carbocycles. The molecule has 0 spiro atoms. The lowest BCUT2D eigenvalue weighted by molar-refractivity contribution is -0.125. The average molecular weight is 347 g/mol. The summed E-state index contributed by atoms with van der Waals surface area (Å²) in [4.78, 5) is 12.3. The van der Waals surface area contributed by atoms with Gasteiger partial charge in [0.1, 0.15) is 11.6 Å². The summed E-state index contributed by atoms with van der Waals surface area (Å²) in [5.41, 5.74) is 1.10. The van der Waals surface area contributed by atoms with Crippen molar-refractivity contribution in [3.05, 3.63) is 71.3 Å². The van der Waals surface area contributed by atoms with Gasteiger partial charge in [0.05, 0.1) is 6.10 Å². The highest BCUT2D eigenvalue weighted by Gasteiger charge is 2.19. The molecule has 25 heavy (non-hydrogen) atoms. The second kappa shape index (κ2) is 8.72. The van der Waals surface area contributed by atoms with Crippen LogP contribution >= 0.6 is 0 Å². The van der Waals surface area contributed by atoms with Crippen LogP contribution in [-0.2, 0) is 11.2 Å². The van der Waals surface area contributed by atoms with Gasteiger partial charge in [-0.2, -0.15) is 0 Å². The lowest BCUT2D eigenvalue weighted by Gasteiger charge is -2.20. The lowest BCUT2D eigenvalue weighted by atomic mass is 9.98. The maximum Gasteiger partial charge on any atom is 0.223 e. The Morgan fingerprint density at radius 2 is 1.72 bits per heavy atom. The monoisotopic (exact) mass is 347 g/mol. The maximum atomic E-state index is 13.7. The van der Waals surface area contributed by atoms with E-state index in [0.717, 1.165) is 0 Å². The fourth-order valence-electron chi connectivity index (χ4n) is 2.69. The van der Waals surface area contributed by atoms with E-state index >= 15 is 0 Å². The number of hydrogen-bond acceptors (Lipinski definition) is 2. The Balaban J connectivity index is 1.86. The molecule has 3 atom stereocenters. The van der Waals surface area contributed by atoms with Crippen molar-refractivity contribution in [1.29, 1.82) is 0 Å². The fraction of sp³-hybridized carbons (Fsp3) is 0.350. The number of amides is 1. The van der Waals surface area contributed by atoms with E-state index in [1.165, 1.54) is 30.3 Å². The van der Waals surface area contributed by atoms with Gasteiger partial charge in [0, 0.05) is 12.0 Å². The quantitative estimate of drug-likeness (QED) is 0.801. The van der Waals surface area contributed by atoms with E-state index in [4.69, 9.17) is 0 Å². The van der Waals surface area contributed by atoms with Crippen LogP contribution in [-0.4, -0.2) is 17.1 Å². The van der Waals surface area contributed by atoms with Crippen LogP contribution in [0.5, 0.6) is 0 Å². The molecule has 0 bridgehead atoms. The molecular weight excluding hydrogens is 324 g/mol. The van der Waals surface area contributed by atoms with E-state index in [2.05, 4.69) is 5.32 Å². The average Bonchev–Trinajstić information content (AvgIpc) is 2.57. The summed E-state index contributed by atoms with van der Waals surface area (Å²) >= 11 is 0. The van der Waals surface area contributed by atoms with Gasteiger partial charge < -0.3 is 10.4 Å². The summed E-state index contributed by atoms with van der Waals surface area (Å²) in [6.07, 6.45) is -0.173. The largest absolute Gasteiger partial charge is 0.388 e. The van der Waals surface area contributed by atoms with Crippen LogP contribution in [0, 0.1) is 17.6 Å². The van der Waals surface area contributed by atoms with Gasteiger partial charge in [-0.3, -0.25) is 4.79 Å². The molecule has 0 saturated heterocycles. The maximum absolute atomic E-state index is 13.7. The molecule has 0 radical (unpaired) electrons. The zero-order valence-corrected chi connectivity index (χ0v) is 14.4. The topological polar surface area (TPSA) is 49.3 Å². The number of aliphatic hydroxyl groups excluding tert-OH is 1. The Morgan fingerprint density at radius 1 is 1.08 bits per heavy atom. The smallest absolute Gasteiger partial charge is 0.223 e. The van der Waals surface area contributed by atoms with Crippen molar-refractivity contribution >= 4 is 5.91 Å². The van der Waals surface area contributed by atoms with E-state index in [1.807, 2.05) is 0 Å². The molecule has 2 aromatic carbocycles. The normalized spacial score (nSPS) is 14.6. The fourth-order valence-corrected chi connectivity index (χ4v) is 2.69. The van der Waals surface area contributed by atoms with Crippen LogP contribution in [0.15, 0.2) is 48.5 Å². The Morgan fingerprint density at radius 3 is 2.36 bits per heavy atom. The van der Waals surface area contributed by atoms with Crippen molar-refractivity contribution in [2.24, 2.45) is 5.92 Å². The molecule has 5 heteroatoms. The van der Waals surface area contributed by atoms with Crippen LogP contribution in [0.2, 0.25) is 0 Å². The van der Waals surface area contributed by atoms with Gasteiger partial charge in [0.25, 0.3) is 0 Å². The minimum Gasteiger partial charge on any atom is -0.388 e. The van der Waals surface area contributed by atoms with Crippen molar-refractivity contribution in [2.45, 2.75) is 38.8 Å². The van der Waals surface area contributed by atoms with E-state index < -0.39 is 6.10 Å². The molecule has 0 aromatic heterocycles. The number of rotatable bonds is 7.